The highest BCUT2D eigenvalue weighted by atomic mass is 19.4. The van der Waals surface area contributed by atoms with Crippen LogP contribution in [0, 0.1) is 6.92 Å². The highest BCUT2D eigenvalue weighted by Crippen LogP contribution is 2.31. The minimum absolute atomic E-state index is 0.269. The molecule has 0 bridgehead atoms. The van der Waals surface area contributed by atoms with Gasteiger partial charge in [0.15, 0.2) is 0 Å². The number of halogens is 3. The Bertz CT molecular complexity index is 874. The van der Waals surface area contributed by atoms with Crippen molar-refractivity contribution in [1.82, 2.24) is 4.98 Å². The SMILES string of the molecule is COc1nc(-c2ccc(OC(F)(F)F)cc2)cc2cc(C)ccc12. The van der Waals surface area contributed by atoms with Crippen LogP contribution in [0.5, 0.6) is 11.6 Å². The molecule has 3 rings (SSSR count). The number of fused-ring (bicyclic) bond motifs is 1. The van der Waals surface area contributed by atoms with Crippen molar-refractivity contribution in [3.05, 3.63) is 54.1 Å². The largest absolute Gasteiger partial charge is 0.573 e. The summed E-state index contributed by atoms with van der Waals surface area (Å²) >= 11 is 0. The van der Waals surface area contributed by atoms with Crippen molar-refractivity contribution in [2.24, 2.45) is 0 Å². The molecule has 3 aromatic rings. The quantitative estimate of drug-likeness (QED) is 0.667. The first kappa shape index (κ1) is 16.1. The number of benzene rings is 2. The number of rotatable bonds is 3. The smallest absolute Gasteiger partial charge is 0.481 e. The zero-order valence-electron chi connectivity index (χ0n) is 13.0. The first-order valence-electron chi connectivity index (χ1n) is 7.17. The van der Waals surface area contributed by atoms with Gasteiger partial charge in [-0.3, -0.25) is 0 Å². The Morgan fingerprint density at radius 3 is 2.29 bits per heavy atom. The van der Waals surface area contributed by atoms with Crippen LogP contribution in [-0.2, 0) is 0 Å². The fourth-order valence-electron chi connectivity index (χ4n) is 2.48. The summed E-state index contributed by atoms with van der Waals surface area (Å²) in [6.45, 7) is 1.98. The molecular weight excluding hydrogens is 319 g/mol. The van der Waals surface area contributed by atoms with Crippen LogP contribution < -0.4 is 9.47 Å². The minimum atomic E-state index is -4.70. The Morgan fingerprint density at radius 2 is 1.67 bits per heavy atom. The Kier molecular flexibility index (Phi) is 4.05. The standard InChI is InChI=1S/C18H14F3NO2/c1-11-3-8-15-13(9-11)10-16(22-17(15)23-2)12-4-6-14(7-5-12)24-18(19,20)21/h3-10H,1-2H3. The summed E-state index contributed by atoms with van der Waals surface area (Å²) in [5, 5.41) is 1.83. The third-order valence-corrected chi connectivity index (χ3v) is 3.53. The summed E-state index contributed by atoms with van der Waals surface area (Å²) in [7, 11) is 1.53. The lowest BCUT2D eigenvalue weighted by molar-refractivity contribution is -0.274. The fourth-order valence-corrected chi connectivity index (χ4v) is 2.48. The number of alkyl halides is 3. The van der Waals surface area contributed by atoms with Gasteiger partial charge in [-0.2, -0.15) is 0 Å². The summed E-state index contributed by atoms with van der Waals surface area (Å²) < 4.78 is 45.9. The van der Waals surface area contributed by atoms with Crippen LogP contribution in [0.15, 0.2) is 48.5 Å². The number of pyridine rings is 1. The van der Waals surface area contributed by atoms with E-state index in [0.29, 0.717) is 17.1 Å². The molecule has 3 nitrogen and oxygen atoms in total. The summed E-state index contributed by atoms with van der Waals surface area (Å²) in [4.78, 5) is 4.44. The molecule has 0 atom stereocenters. The summed E-state index contributed by atoms with van der Waals surface area (Å²) in [6, 6.07) is 13.4. The number of aryl methyl sites for hydroxylation is 1. The molecule has 0 unspecified atom stereocenters. The predicted molar refractivity (Wildman–Crippen MR) is 85.2 cm³/mol. The highest BCUT2D eigenvalue weighted by molar-refractivity contribution is 5.90. The molecule has 0 amide bonds. The number of nitrogens with zero attached hydrogens (tertiary/aromatic N) is 1. The Hall–Kier alpha value is -2.76. The van der Waals surface area contributed by atoms with Gasteiger partial charge in [0.2, 0.25) is 5.88 Å². The third kappa shape index (κ3) is 3.42. The van der Waals surface area contributed by atoms with Crippen LogP contribution in [0.4, 0.5) is 13.2 Å². The van der Waals surface area contributed by atoms with Crippen LogP contribution in [0.1, 0.15) is 5.56 Å². The highest BCUT2D eigenvalue weighted by Gasteiger charge is 2.30. The molecule has 0 spiro atoms. The van der Waals surface area contributed by atoms with Gasteiger partial charge in [-0.1, -0.05) is 17.7 Å². The van der Waals surface area contributed by atoms with E-state index >= 15 is 0 Å². The molecule has 0 aliphatic rings. The average Bonchev–Trinajstić information content (AvgIpc) is 2.52. The summed E-state index contributed by atoms with van der Waals surface area (Å²) in [6.07, 6.45) is -4.70. The monoisotopic (exact) mass is 333 g/mol. The molecule has 24 heavy (non-hydrogen) atoms. The minimum Gasteiger partial charge on any atom is -0.481 e. The number of hydrogen-bond donors (Lipinski definition) is 0. The first-order chi connectivity index (χ1) is 11.4. The number of hydrogen-bond acceptors (Lipinski definition) is 3. The van der Waals surface area contributed by atoms with Crippen LogP contribution in [-0.4, -0.2) is 18.5 Å². The topological polar surface area (TPSA) is 31.4 Å². The van der Waals surface area contributed by atoms with E-state index in [0.717, 1.165) is 16.3 Å². The second kappa shape index (κ2) is 6.03. The number of methoxy groups -OCH3 is 1. The van der Waals surface area contributed by atoms with Crippen LogP contribution in [0.2, 0.25) is 0 Å². The zero-order valence-corrected chi connectivity index (χ0v) is 13.0. The molecule has 124 valence electrons. The van der Waals surface area contributed by atoms with E-state index in [4.69, 9.17) is 4.74 Å². The molecule has 6 heteroatoms. The van der Waals surface area contributed by atoms with Gasteiger partial charge in [0.1, 0.15) is 5.75 Å². The van der Waals surface area contributed by atoms with E-state index in [9.17, 15) is 13.2 Å². The second-order valence-electron chi connectivity index (χ2n) is 5.31. The number of aromatic nitrogens is 1. The number of ether oxygens (including phenoxy) is 2. The molecule has 0 radical (unpaired) electrons. The van der Waals surface area contributed by atoms with Crippen molar-refractivity contribution in [3.8, 4) is 22.9 Å². The molecule has 0 saturated heterocycles. The van der Waals surface area contributed by atoms with Crippen molar-refractivity contribution in [2.75, 3.05) is 7.11 Å². The van der Waals surface area contributed by atoms with E-state index in [1.165, 1.54) is 31.4 Å². The fraction of sp³-hybridized carbons (Fsp3) is 0.167. The Balaban J connectivity index is 2.02. The maximum Gasteiger partial charge on any atom is 0.573 e. The second-order valence-corrected chi connectivity index (χ2v) is 5.31. The molecule has 0 N–H and O–H groups in total. The van der Waals surface area contributed by atoms with Crippen molar-refractivity contribution >= 4 is 10.8 Å². The molecule has 0 fully saturated rings. The Morgan fingerprint density at radius 1 is 0.958 bits per heavy atom. The normalized spacial score (nSPS) is 11.5. The van der Waals surface area contributed by atoms with E-state index in [1.54, 1.807) is 0 Å². The maximum absolute atomic E-state index is 12.2. The van der Waals surface area contributed by atoms with E-state index < -0.39 is 6.36 Å². The van der Waals surface area contributed by atoms with Gasteiger partial charge in [0.25, 0.3) is 0 Å². The van der Waals surface area contributed by atoms with Gasteiger partial charge < -0.3 is 9.47 Å². The van der Waals surface area contributed by atoms with Gasteiger partial charge in [-0.25, -0.2) is 4.98 Å². The molecule has 2 aromatic carbocycles. The van der Waals surface area contributed by atoms with Crippen LogP contribution >= 0.6 is 0 Å². The third-order valence-electron chi connectivity index (χ3n) is 3.53. The predicted octanol–water partition coefficient (Wildman–Crippen LogP) is 5.12. The van der Waals surface area contributed by atoms with Crippen LogP contribution in [0.25, 0.3) is 22.0 Å². The van der Waals surface area contributed by atoms with E-state index in [-0.39, 0.29) is 5.75 Å². The van der Waals surface area contributed by atoms with Crippen LogP contribution in [0.3, 0.4) is 0 Å². The van der Waals surface area contributed by atoms with Crippen molar-refractivity contribution in [2.45, 2.75) is 13.3 Å². The van der Waals surface area contributed by atoms with Gasteiger partial charge in [-0.05, 0) is 48.7 Å². The summed E-state index contributed by atoms with van der Waals surface area (Å²) in [5.41, 5.74) is 2.38. The molecule has 0 saturated carbocycles. The average molecular weight is 333 g/mol. The molecular formula is C18H14F3NO2. The van der Waals surface area contributed by atoms with Crippen molar-refractivity contribution in [1.29, 1.82) is 0 Å². The maximum atomic E-state index is 12.2. The molecule has 1 heterocycles. The first-order valence-corrected chi connectivity index (χ1v) is 7.17. The lowest BCUT2D eigenvalue weighted by atomic mass is 10.1. The van der Waals surface area contributed by atoms with Crippen molar-refractivity contribution < 1.29 is 22.6 Å². The Labute approximate surface area is 136 Å². The zero-order chi connectivity index (χ0) is 17.3. The summed E-state index contributed by atoms with van der Waals surface area (Å²) in [5.74, 6) is 0.202. The van der Waals surface area contributed by atoms with Gasteiger partial charge in [-0.15, -0.1) is 13.2 Å². The van der Waals surface area contributed by atoms with Gasteiger partial charge in [0, 0.05) is 10.9 Å². The van der Waals surface area contributed by atoms with Gasteiger partial charge in [0.05, 0.1) is 12.8 Å². The van der Waals surface area contributed by atoms with Gasteiger partial charge >= 0.3 is 6.36 Å². The van der Waals surface area contributed by atoms with E-state index in [1.807, 2.05) is 31.2 Å². The molecule has 0 aliphatic heterocycles. The molecule has 0 aliphatic carbocycles. The van der Waals surface area contributed by atoms with E-state index in [2.05, 4.69) is 9.72 Å². The molecule has 1 aromatic heterocycles. The lowest BCUT2D eigenvalue weighted by Gasteiger charge is -2.11. The lowest BCUT2D eigenvalue weighted by Crippen LogP contribution is -2.16. The van der Waals surface area contributed by atoms with Crippen molar-refractivity contribution in [3.63, 3.8) is 0 Å².